The quantitative estimate of drug-likeness (QED) is 0.640. The van der Waals surface area contributed by atoms with Gasteiger partial charge < -0.3 is 10.2 Å². The number of amides is 1. The Balaban J connectivity index is 2.43. The van der Waals surface area contributed by atoms with Gasteiger partial charge in [0.25, 0.3) is 0 Å². The zero-order valence-electron chi connectivity index (χ0n) is 8.42. The highest BCUT2D eigenvalue weighted by atomic mass is 16.2. The van der Waals surface area contributed by atoms with Gasteiger partial charge in [-0.05, 0) is 13.8 Å². The van der Waals surface area contributed by atoms with Crippen molar-refractivity contribution < 1.29 is 4.79 Å². The molecule has 1 heterocycles. The first-order chi connectivity index (χ1) is 6.25. The van der Waals surface area contributed by atoms with E-state index in [1.54, 1.807) is 0 Å². The van der Waals surface area contributed by atoms with Crippen LogP contribution < -0.4 is 5.32 Å². The summed E-state index contributed by atoms with van der Waals surface area (Å²) in [5.41, 5.74) is 0. The smallest absolute Gasteiger partial charge is 0.226 e. The highest BCUT2D eigenvalue weighted by Gasteiger charge is 2.21. The number of piperazine rings is 1. The number of hydrogen-bond donors (Lipinski definition) is 1. The summed E-state index contributed by atoms with van der Waals surface area (Å²) in [5, 5.41) is 3.26. The van der Waals surface area contributed by atoms with E-state index in [4.69, 9.17) is 0 Å². The van der Waals surface area contributed by atoms with Crippen LogP contribution in [-0.2, 0) is 4.79 Å². The Morgan fingerprint density at radius 2 is 2.46 bits per heavy atom. The van der Waals surface area contributed by atoms with Crippen molar-refractivity contribution in [3.05, 3.63) is 12.2 Å². The van der Waals surface area contributed by atoms with E-state index in [1.165, 1.54) is 0 Å². The maximum atomic E-state index is 11.6. The topological polar surface area (TPSA) is 32.3 Å². The van der Waals surface area contributed by atoms with Crippen molar-refractivity contribution in [2.45, 2.75) is 26.3 Å². The van der Waals surface area contributed by atoms with Crippen LogP contribution in [0, 0.1) is 0 Å². The fourth-order valence-corrected chi connectivity index (χ4v) is 1.55. The molecule has 0 aromatic carbocycles. The molecular formula is C10H18N2O. The number of allylic oxidation sites excluding steroid dienone is 1. The Morgan fingerprint density at radius 3 is 3.08 bits per heavy atom. The second kappa shape index (κ2) is 5.02. The largest absolute Gasteiger partial charge is 0.337 e. The maximum Gasteiger partial charge on any atom is 0.226 e. The molecule has 3 nitrogen and oxygen atoms in total. The molecule has 1 amide bonds. The first kappa shape index (κ1) is 10.3. The number of rotatable bonds is 2. The summed E-state index contributed by atoms with van der Waals surface area (Å²) in [7, 11) is 0. The average molecular weight is 182 g/mol. The molecule has 0 spiro atoms. The van der Waals surface area contributed by atoms with E-state index in [2.05, 4.69) is 12.2 Å². The zero-order chi connectivity index (χ0) is 9.68. The lowest BCUT2D eigenvalue weighted by atomic mass is 10.2. The molecule has 1 saturated heterocycles. The normalized spacial score (nSPS) is 23.8. The molecule has 13 heavy (non-hydrogen) atoms. The van der Waals surface area contributed by atoms with Gasteiger partial charge in [-0.1, -0.05) is 12.2 Å². The molecule has 1 fully saturated rings. The van der Waals surface area contributed by atoms with Crippen LogP contribution in [-0.4, -0.2) is 36.5 Å². The summed E-state index contributed by atoms with van der Waals surface area (Å²) in [5.74, 6) is 0.243. The first-order valence-corrected chi connectivity index (χ1v) is 4.87. The molecule has 74 valence electrons. The highest BCUT2D eigenvalue weighted by molar-refractivity contribution is 5.78. The van der Waals surface area contributed by atoms with E-state index in [0.29, 0.717) is 12.5 Å². The monoisotopic (exact) mass is 182 g/mol. The molecular weight excluding hydrogens is 164 g/mol. The predicted molar refractivity (Wildman–Crippen MR) is 53.5 cm³/mol. The fourth-order valence-electron chi connectivity index (χ4n) is 1.55. The van der Waals surface area contributed by atoms with Gasteiger partial charge in [0.1, 0.15) is 0 Å². The molecule has 1 unspecified atom stereocenters. The van der Waals surface area contributed by atoms with Crippen LogP contribution in [0.25, 0.3) is 0 Å². The van der Waals surface area contributed by atoms with E-state index in [9.17, 15) is 4.79 Å². The van der Waals surface area contributed by atoms with E-state index in [0.717, 1.165) is 19.6 Å². The van der Waals surface area contributed by atoms with Crippen molar-refractivity contribution in [1.29, 1.82) is 0 Å². The van der Waals surface area contributed by atoms with Gasteiger partial charge >= 0.3 is 0 Å². The molecule has 0 aromatic rings. The lowest BCUT2D eigenvalue weighted by Crippen LogP contribution is -2.52. The van der Waals surface area contributed by atoms with Crippen molar-refractivity contribution >= 4 is 5.91 Å². The highest BCUT2D eigenvalue weighted by Crippen LogP contribution is 2.04. The molecule has 3 heteroatoms. The lowest BCUT2D eigenvalue weighted by molar-refractivity contribution is -0.133. The van der Waals surface area contributed by atoms with Crippen LogP contribution in [0.1, 0.15) is 20.3 Å². The summed E-state index contributed by atoms with van der Waals surface area (Å²) >= 11 is 0. The molecule has 0 aliphatic carbocycles. The van der Waals surface area contributed by atoms with Crippen molar-refractivity contribution in [3.63, 3.8) is 0 Å². The standard InChI is InChI=1S/C10H18N2O/c1-3-4-5-10(13)12-7-6-11-8-9(12)2/h3-4,9,11H,5-8H2,1-2H3/b4-3+. The molecule has 1 atom stereocenters. The Hall–Kier alpha value is -0.830. The van der Waals surface area contributed by atoms with Gasteiger partial charge in [0, 0.05) is 32.1 Å². The summed E-state index contributed by atoms with van der Waals surface area (Å²) in [4.78, 5) is 13.6. The second-order valence-corrected chi connectivity index (χ2v) is 3.41. The molecule has 1 aliphatic rings. The van der Waals surface area contributed by atoms with Crippen LogP contribution in [0.15, 0.2) is 12.2 Å². The summed E-state index contributed by atoms with van der Waals surface area (Å²) in [6, 6.07) is 0.339. The van der Waals surface area contributed by atoms with Crippen LogP contribution >= 0.6 is 0 Å². The lowest BCUT2D eigenvalue weighted by Gasteiger charge is -2.33. The average Bonchev–Trinajstić information content (AvgIpc) is 2.15. The van der Waals surface area contributed by atoms with Crippen molar-refractivity contribution in [2.75, 3.05) is 19.6 Å². The van der Waals surface area contributed by atoms with Crippen LogP contribution in [0.2, 0.25) is 0 Å². The minimum atomic E-state index is 0.243. The fraction of sp³-hybridized carbons (Fsp3) is 0.700. The van der Waals surface area contributed by atoms with Gasteiger partial charge in [-0.3, -0.25) is 4.79 Å². The second-order valence-electron chi connectivity index (χ2n) is 3.41. The minimum Gasteiger partial charge on any atom is -0.337 e. The number of hydrogen-bond acceptors (Lipinski definition) is 2. The molecule has 1 N–H and O–H groups in total. The van der Waals surface area contributed by atoms with Gasteiger partial charge in [0.05, 0.1) is 0 Å². The van der Waals surface area contributed by atoms with E-state index < -0.39 is 0 Å². The minimum absolute atomic E-state index is 0.243. The summed E-state index contributed by atoms with van der Waals surface area (Å²) in [6.45, 7) is 6.71. The summed E-state index contributed by atoms with van der Waals surface area (Å²) < 4.78 is 0. The SMILES string of the molecule is C/C=C/CC(=O)N1CCNCC1C. The van der Waals surface area contributed by atoms with Crippen molar-refractivity contribution in [1.82, 2.24) is 10.2 Å². The Kier molecular flexibility index (Phi) is 3.96. The number of nitrogens with one attached hydrogen (secondary N) is 1. The van der Waals surface area contributed by atoms with Crippen molar-refractivity contribution in [3.8, 4) is 0 Å². The Morgan fingerprint density at radius 1 is 1.69 bits per heavy atom. The predicted octanol–water partition coefficient (Wildman–Crippen LogP) is 0.773. The molecule has 0 bridgehead atoms. The zero-order valence-corrected chi connectivity index (χ0v) is 8.42. The molecule has 1 rings (SSSR count). The van der Waals surface area contributed by atoms with Gasteiger partial charge in [-0.15, -0.1) is 0 Å². The number of carbonyl (C=O) groups is 1. The van der Waals surface area contributed by atoms with Crippen LogP contribution in [0.4, 0.5) is 0 Å². The maximum absolute atomic E-state index is 11.6. The molecule has 0 aromatic heterocycles. The third kappa shape index (κ3) is 2.84. The Labute approximate surface area is 79.8 Å². The number of carbonyl (C=O) groups excluding carboxylic acids is 1. The van der Waals surface area contributed by atoms with Crippen LogP contribution in [0.3, 0.4) is 0 Å². The first-order valence-electron chi connectivity index (χ1n) is 4.87. The molecule has 0 radical (unpaired) electrons. The number of nitrogens with zero attached hydrogens (tertiary/aromatic N) is 1. The third-order valence-electron chi connectivity index (χ3n) is 2.35. The summed E-state index contributed by atoms with van der Waals surface area (Å²) in [6.07, 6.45) is 4.38. The van der Waals surface area contributed by atoms with Gasteiger partial charge in [0.2, 0.25) is 5.91 Å². The van der Waals surface area contributed by atoms with Crippen LogP contribution in [0.5, 0.6) is 0 Å². The molecule has 0 saturated carbocycles. The van der Waals surface area contributed by atoms with E-state index in [-0.39, 0.29) is 5.91 Å². The van der Waals surface area contributed by atoms with E-state index >= 15 is 0 Å². The van der Waals surface area contributed by atoms with Gasteiger partial charge in [-0.25, -0.2) is 0 Å². The van der Waals surface area contributed by atoms with Gasteiger partial charge in [0.15, 0.2) is 0 Å². The van der Waals surface area contributed by atoms with Crippen molar-refractivity contribution in [2.24, 2.45) is 0 Å². The third-order valence-corrected chi connectivity index (χ3v) is 2.35. The Bertz CT molecular complexity index is 201. The van der Waals surface area contributed by atoms with Gasteiger partial charge in [-0.2, -0.15) is 0 Å². The van der Waals surface area contributed by atoms with E-state index in [1.807, 2.05) is 24.0 Å². The molecule has 1 aliphatic heterocycles.